The lowest BCUT2D eigenvalue weighted by Crippen LogP contribution is -2.42. The predicted octanol–water partition coefficient (Wildman–Crippen LogP) is 6.55. The number of nitrogens with one attached hydrogen (secondary N) is 1. The van der Waals surface area contributed by atoms with Crippen LogP contribution < -0.4 is 4.90 Å². The van der Waals surface area contributed by atoms with E-state index in [2.05, 4.69) is 19.9 Å². The zero-order valence-electron chi connectivity index (χ0n) is 18.4. The van der Waals surface area contributed by atoms with E-state index in [1.165, 1.54) is 23.5 Å². The summed E-state index contributed by atoms with van der Waals surface area (Å²) in [7, 11) is 0. The number of aromatic nitrogens is 3. The van der Waals surface area contributed by atoms with Crippen molar-refractivity contribution in [1.82, 2.24) is 15.0 Å². The smallest absolute Gasteiger partial charge is 0.446 e. The third kappa shape index (κ3) is 5.19. The Hall–Kier alpha value is -2.27. The van der Waals surface area contributed by atoms with Gasteiger partial charge in [-0.25, -0.2) is 9.97 Å². The Labute approximate surface area is 203 Å². The molecule has 0 unspecified atom stereocenters. The molecular formula is C23H25F3N4O2S2. The number of thioether (sulfide) groups is 1. The molecule has 2 aromatic heterocycles. The molecule has 6 nitrogen and oxygen atoms in total. The van der Waals surface area contributed by atoms with Gasteiger partial charge in [0.25, 0.3) is 0 Å². The number of halogens is 3. The van der Waals surface area contributed by atoms with E-state index in [4.69, 9.17) is 5.11 Å². The number of fused-ring (bicyclic) bond motifs is 1. The monoisotopic (exact) mass is 510 g/mol. The van der Waals surface area contributed by atoms with E-state index in [1.54, 1.807) is 12.3 Å². The average Bonchev–Trinajstić information content (AvgIpc) is 3.42. The summed E-state index contributed by atoms with van der Waals surface area (Å²) in [6.45, 7) is 1.85. The number of aromatic amines is 1. The van der Waals surface area contributed by atoms with Gasteiger partial charge in [-0.2, -0.15) is 13.2 Å². The fraction of sp³-hybridized carbons (Fsp3) is 0.522. The largest absolute Gasteiger partial charge is 0.481 e. The second kappa shape index (κ2) is 9.07. The fourth-order valence-electron chi connectivity index (χ4n) is 5.23. The minimum Gasteiger partial charge on any atom is -0.481 e. The molecule has 2 aliphatic rings. The van der Waals surface area contributed by atoms with Crippen molar-refractivity contribution in [3.05, 3.63) is 24.4 Å². The Morgan fingerprint density at radius 3 is 2.65 bits per heavy atom. The number of nitrogens with zero attached hydrogens (tertiary/aromatic N) is 3. The molecule has 2 fully saturated rings. The lowest BCUT2D eigenvalue weighted by atomic mass is 9.65. The fourth-order valence-corrected chi connectivity index (χ4v) is 6.72. The summed E-state index contributed by atoms with van der Waals surface area (Å²) < 4.78 is 38.0. The molecule has 1 aliphatic heterocycles. The third-order valence-corrected chi connectivity index (χ3v) is 8.92. The van der Waals surface area contributed by atoms with Crippen molar-refractivity contribution in [2.75, 3.05) is 18.0 Å². The number of hydrogen-bond acceptors (Lipinski definition) is 6. The van der Waals surface area contributed by atoms with Crippen LogP contribution in [0.2, 0.25) is 0 Å². The van der Waals surface area contributed by atoms with Crippen LogP contribution >= 0.6 is 23.1 Å². The molecule has 5 rings (SSSR count). The number of piperidine rings is 1. The van der Waals surface area contributed by atoms with Crippen LogP contribution in [0.4, 0.5) is 18.3 Å². The van der Waals surface area contributed by atoms with Crippen LogP contribution in [0.15, 0.2) is 29.3 Å². The van der Waals surface area contributed by atoms with Crippen LogP contribution in [-0.4, -0.2) is 44.6 Å². The first kappa shape index (κ1) is 23.5. The van der Waals surface area contributed by atoms with E-state index in [-0.39, 0.29) is 23.1 Å². The number of rotatable bonds is 5. The number of H-pyrrole nitrogens is 1. The van der Waals surface area contributed by atoms with E-state index >= 15 is 0 Å². The van der Waals surface area contributed by atoms with Gasteiger partial charge in [0.2, 0.25) is 0 Å². The van der Waals surface area contributed by atoms with Crippen molar-refractivity contribution in [3.63, 3.8) is 0 Å². The molecule has 0 atom stereocenters. The number of carboxylic acids is 1. The van der Waals surface area contributed by atoms with Gasteiger partial charge in [0.15, 0.2) is 5.13 Å². The lowest BCUT2D eigenvalue weighted by Gasteiger charge is -2.45. The van der Waals surface area contributed by atoms with Crippen LogP contribution in [-0.2, 0) is 4.79 Å². The Morgan fingerprint density at radius 1 is 1.24 bits per heavy atom. The van der Waals surface area contributed by atoms with E-state index < -0.39 is 11.5 Å². The summed E-state index contributed by atoms with van der Waals surface area (Å²) in [6, 6.07) is 4.51. The highest BCUT2D eigenvalue weighted by atomic mass is 32.2. The van der Waals surface area contributed by atoms with E-state index in [9.17, 15) is 18.0 Å². The molecule has 1 saturated heterocycles. The Kier molecular flexibility index (Phi) is 6.26. The third-order valence-electron chi connectivity index (χ3n) is 7.14. The molecule has 1 aromatic carbocycles. The molecule has 1 aliphatic carbocycles. The normalized spacial score (nSPS) is 19.2. The van der Waals surface area contributed by atoms with Crippen LogP contribution in [0.3, 0.4) is 0 Å². The molecule has 2 N–H and O–H groups in total. The summed E-state index contributed by atoms with van der Waals surface area (Å²) >= 11 is 1.39. The number of thiazole rings is 1. The summed E-state index contributed by atoms with van der Waals surface area (Å²) in [5.74, 6) is 0.230. The maximum absolute atomic E-state index is 12.7. The number of imidazole rings is 1. The zero-order valence-corrected chi connectivity index (χ0v) is 20.0. The SMILES string of the molecule is O=C(O)CC1CCC2(CC1)CCN(c1ncc(-c3nc4cc(SC(F)(F)F)ccc4[nH]3)s1)CC2. The first-order valence-electron chi connectivity index (χ1n) is 11.4. The summed E-state index contributed by atoms with van der Waals surface area (Å²) in [5, 5.41) is 9.97. The molecule has 11 heteroatoms. The molecule has 182 valence electrons. The van der Waals surface area contributed by atoms with Crippen molar-refractivity contribution >= 4 is 45.2 Å². The maximum atomic E-state index is 12.7. The van der Waals surface area contributed by atoms with Gasteiger partial charge in [-0.3, -0.25) is 4.79 Å². The Morgan fingerprint density at radius 2 is 1.97 bits per heavy atom. The summed E-state index contributed by atoms with van der Waals surface area (Å²) in [5.41, 5.74) is -2.81. The highest BCUT2D eigenvalue weighted by Crippen LogP contribution is 2.48. The zero-order chi connectivity index (χ0) is 23.9. The van der Waals surface area contributed by atoms with E-state index in [0.717, 1.165) is 61.6 Å². The van der Waals surface area contributed by atoms with Crippen molar-refractivity contribution < 1.29 is 23.1 Å². The van der Waals surface area contributed by atoms with Crippen molar-refractivity contribution in [1.29, 1.82) is 0 Å². The van der Waals surface area contributed by atoms with Crippen LogP contribution in [0.25, 0.3) is 21.7 Å². The molecule has 0 radical (unpaired) electrons. The molecule has 1 saturated carbocycles. The number of aliphatic carboxylic acids is 1. The molecular weight excluding hydrogens is 485 g/mol. The maximum Gasteiger partial charge on any atom is 0.446 e. The van der Waals surface area contributed by atoms with Gasteiger partial charge in [-0.1, -0.05) is 11.3 Å². The van der Waals surface area contributed by atoms with Crippen molar-refractivity contribution in [2.45, 2.75) is 55.3 Å². The standard InChI is InChI=1S/C23H25F3N4O2S2/c24-23(25,26)34-15-1-2-16-17(12-15)29-20(28-16)18-13-27-21(33-18)30-9-7-22(8-10-30)5-3-14(4-6-22)11-19(31)32/h1-2,12-14H,3-11H2,(H,28,29)(H,31,32). The minimum absolute atomic E-state index is 0.113. The molecule has 3 aromatic rings. The minimum atomic E-state index is -4.33. The van der Waals surface area contributed by atoms with Crippen molar-refractivity contribution in [3.8, 4) is 10.7 Å². The number of alkyl halides is 3. The lowest BCUT2D eigenvalue weighted by molar-refractivity contribution is -0.138. The summed E-state index contributed by atoms with van der Waals surface area (Å²) in [6.07, 6.45) is 8.45. The topological polar surface area (TPSA) is 82.1 Å². The number of benzene rings is 1. The Balaban J connectivity index is 1.23. The number of anilines is 1. The first-order chi connectivity index (χ1) is 16.2. The number of carboxylic acid groups (broad SMARTS) is 1. The van der Waals surface area contributed by atoms with Crippen LogP contribution in [0.1, 0.15) is 44.9 Å². The second-order valence-electron chi connectivity index (χ2n) is 9.35. The van der Waals surface area contributed by atoms with E-state index in [1.807, 2.05) is 0 Å². The molecule has 0 bridgehead atoms. The molecule has 1 spiro atoms. The Bertz CT molecular complexity index is 1170. The van der Waals surface area contributed by atoms with E-state index in [0.29, 0.717) is 28.2 Å². The van der Waals surface area contributed by atoms with Gasteiger partial charge in [0.1, 0.15) is 5.82 Å². The average molecular weight is 511 g/mol. The number of hydrogen-bond donors (Lipinski definition) is 2. The summed E-state index contributed by atoms with van der Waals surface area (Å²) in [4.78, 5) is 26.5. The first-order valence-corrected chi connectivity index (χ1v) is 13.0. The number of carbonyl (C=O) groups is 1. The molecule has 3 heterocycles. The van der Waals surface area contributed by atoms with Crippen LogP contribution in [0, 0.1) is 11.3 Å². The van der Waals surface area contributed by atoms with Gasteiger partial charge in [0, 0.05) is 24.4 Å². The quantitative estimate of drug-likeness (QED) is 0.379. The van der Waals surface area contributed by atoms with Gasteiger partial charge < -0.3 is 15.0 Å². The van der Waals surface area contributed by atoms with Gasteiger partial charge in [-0.05, 0) is 79.8 Å². The van der Waals surface area contributed by atoms with Gasteiger partial charge in [-0.15, -0.1) is 0 Å². The second-order valence-corrected chi connectivity index (χ2v) is 11.5. The van der Waals surface area contributed by atoms with Crippen molar-refractivity contribution in [2.24, 2.45) is 11.3 Å². The van der Waals surface area contributed by atoms with Gasteiger partial charge >= 0.3 is 11.5 Å². The van der Waals surface area contributed by atoms with Gasteiger partial charge in [0.05, 0.1) is 22.1 Å². The molecule has 0 amide bonds. The van der Waals surface area contributed by atoms with Crippen LogP contribution in [0.5, 0.6) is 0 Å². The predicted molar refractivity (Wildman–Crippen MR) is 127 cm³/mol. The molecule has 34 heavy (non-hydrogen) atoms. The highest BCUT2D eigenvalue weighted by molar-refractivity contribution is 8.00. The highest BCUT2D eigenvalue weighted by Gasteiger charge is 2.39.